The Bertz CT molecular complexity index is 1220. The highest BCUT2D eigenvalue weighted by Crippen LogP contribution is 2.75. The van der Waals surface area contributed by atoms with Crippen molar-refractivity contribution >= 4 is 5.91 Å². The normalized spacial score (nSPS) is 47.7. The Hall–Kier alpha value is -1.62. The second-order valence-corrected chi connectivity index (χ2v) is 16.8. The molecule has 1 heterocycles. The van der Waals surface area contributed by atoms with Crippen molar-refractivity contribution in [2.24, 2.45) is 50.2 Å². The van der Waals surface area contributed by atoms with Gasteiger partial charge in [0.1, 0.15) is 0 Å². The molecule has 4 fully saturated rings. The molecule has 0 aromatic carbocycles. The van der Waals surface area contributed by atoms with Crippen molar-refractivity contribution in [2.75, 3.05) is 0 Å². The topological polar surface area (TPSA) is 75.4 Å². The summed E-state index contributed by atoms with van der Waals surface area (Å²) in [5.41, 5.74) is 3.09. The summed E-state index contributed by atoms with van der Waals surface area (Å²) >= 11 is 0. The van der Waals surface area contributed by atoms with Crippen LogP contribution in [0.1, 0.15) is 124 Å². The maximum atomic E-state index is 13.7. The number of hydrogen-bond acceptors (Lipinski definition) is 4. The largest absolute Gasteiger partial charge is 0.393 e. The van der Waals surface area contributed by atoms with E-state index in [1.165, 1.54) is 25.7 Å². The Morgan fingerprint density at radius 2 is 1.73 bits per heavy atom. The van der Waals surface area contributed by atoms with E-state index in [9.17, 15) is 9.90 Å². The van der Waals surface area contributed by atoms with Crippen molar-refractivity contribution in [2.45, 2.75) is 132 Å². The first kappa shape index (κ1) is 28.5. The molecule has 5 nitrogen and oxygen atoms in total. The fraction of sp³-hybridized carbons (Fsp3) is 0.829. The summed E-state index contributed by atoms with van der Waals surface area (Å²) in [7, 11) is 0. The van der Waals surface area contributed by atoms with Crippen molar-refractivity contribution < 1.29 is 14.4 Å². The number of carbonyl (C=O) groups is 1. The molecule has 40 heavy (non-hydrogen) atoms. The summed E-state index contributed by atoms with van der Waals surface area (Å²) in [4.78, 5) is 13.7. The van der Waals surface area contributed by atoms with Crippen LogP contribution in [-0.4, -0.2) is 22.3 Å². The quantitative estimate of drug-likeness (QED) is 0.377. The molecule has 0 saturated heterocycles. The second-order valence-electron chi connectivity index (χ2n) is 16.8. The smallest absolute Gasteiger partial charge is 0.226 e. The van der Waals surface area contributed by atoms with Gasteiger partial charge in [-0.2, -0.15) is 0 Å². The summed E-state index contributed by atoms with van der Waals surface area (Å²) in [5.74, 6) is 2.55. The number of hydrogen-bond donors (Lipinski definition) is 2. The first-order valence-electron chi connectivity index (χ1n) is 16.2. The van der Waals surface area contributed by atoms with E-state index in [1.807, 2.05) is 13.0 Å². The maximum absolute atomic E-state index is 13.7. The van der Waals surface area contributed by atoms with Gasteiger partial charge >= 0.3 is 0 Å². The van der Waals surface area contributed by atoms with Gasteiger partial charge in [-0.15, -0.1) is 0 Å². The lowest BCUT2D eigenvalue weighted by Crippen LogP contribution is -2.64. The molecule has 1 unspecified atom stereocenters. The highest BCUT2D eigenvalue weighted by atomic mass is 16.5. The van der Waals surface area contributed by atoms with Crippen LogP contribution >= 0.6 is 0 Å². The molecule has 0 aliphatic heterocycles. The van der Waals surface area contributed by atoms with E-state index in [1.54, 1.807) is 5.57 Å². The van der Waals surface area contributed by atoms with Crippen LogP contribution in [0.5, 0.6) is 0 Å². The van der Waals surface area contributed by atoms with Gasteiger partial charge in [0.2, 0.25) is 5.91 Å². The second kappa shape index (κ2) is 8.94. The molecule has 1 aromatic rings. The van der Waals surface area contributed by atoms with Gasteiger partial charge in [0.05, 0.1) is 18.3 Å². The third kappa shape index (κ3) is 3.81. The minimum absolute atomic E-state index is 0.0205. The van der Waals surface area contributed by atoms with E-state index in [0.717, 1.165) is 50.0 Å². The molecule has 6 rings (SSSR count). The highest BCUT2D eigenvalue weighted by molar-refractivity contribution is 5.82. The first-order chi connectivity index (χ1) is 18.6. The maximum Gasteiger partial charge on any atom is 0.226 e. The Morgan fingerprint density at radius 3 is 2.42 bits per heavy atom. The summed E-state index contributed by atoms with van der Waals surface area (Å²) in [6.07, 6.45) is 13.7. The summed E-state index contributed by atoms with van der Waals surface area (Å²) in [6.45, 7) is 19.5. The fourth-order valence-corrected chi connectivity index (χ4v) is 11.4. The van der Waals surface area contributed by atoms with E-state index in [2.05, 4.69) is 65.0 Å². The van der Waals surface area contributed by atoms with Gasteiger partial charge in [0, 0.05) is 11.5 Å². The predicted octanol–water partition coefficient (Wildman–Crippen LogP) is 7.76. The van der Waals surface area contributed by atoms with Crippen LogP contribution in [0.25, 0.3) is 0 Å². The zero-order chi connectivity index (χ0) is 28.9. The molecule has 1 amide bonds. The van der Waals surface area contributed by atoms with E-state index in [-0.39, 0.29) is 44.5 Å². The van der Waals surface area contributed by atoms with E-state index in [4.69, 9.17) is 4.52 Å². The van der Waals surface area contributed by atoms with Gasteiger partial charge in [-0.25, -0.2) is 0 Å². The number of allylic oxidation sites excluding steroid dienone is 2. The molecule has 0 radical (unpaired) electrons. The minimum Gasteiger partial charge on any atom is -0.393 e. The molecule has 0 spiro atoms. The molecule has 9 atom stereocenters. The van der Waals surface area contributed by atoms with Crippen LogP contribution in [0.3, 0.4) is 0 Å². The van der Waals surface area contributed by atoms with Crippen molar-refractivity contribution in [3.05, 3.63) is 29.2 Å². The third-order valence-electron chi connectivity index (χ3n) is 14.5. The van der Waals surface area contributed by atoms with E-state index < -0.39 is 0 Å². The van der Waals surface area contributed by atoms with Gasteiger partial charge in [-0.05, 0) is 116 Å². The van der Waals surface area contributed by atoms with E-state index >= 15 is 0 Å². The minimum atomic E-state index is -0.372. The molecule has 222 valence electrons. The molecule has 1 aromatic heterocycles. The first-order valence-corrected chi connectivity index (χ1v) is 16.2. The number of nitrogens with zero attached hydrogens (tertiary/aromatic N) is 1. The molecule has 2 N–H and O–H groups in total. The average Bonchev–Trinajstić information content (AvgIpc) is 3.31. The van der Waals surface area contributed by atoms with Crippen LogP contribution in [0.4, 0.5) is 0 Å². The van der Waals surface area contributed by atoms with Gasteiger partial charge in [0.25, 0.3) is 0 Å². The summed E-state index contributed by atoms with van der Waals surface area (Å²) in [5, 5.41) is 18.2. The van der Waals surface area contributed by atoms with Gasteiger partial charge in [-0.3, -0.25) is 4.79 Å². The van der Waals surface area contributed by atoms with Gasteiger partial charge < -0.3 is 14.9 Å². The molecule has 0 bridgehead atoms. The zero-order valence-electron chi connectivity index (χ0n) is 26.5. The number of amides is 1. The number of rotatable bonds is 3. The lowest BCUT2D eigenvalue weighted by Gasteiger charge is -2.71. The standard InChI is InChI=1S/C35H54N2O3/c1-22-19-23(40-37-22)21-36-29(39)32(5)16-15-31(4)17-18-34(7)24(25(31)20-32)9-10-27-33(6)13-12-28(38)30(2,3)26(33)11-14-35(27,34)8/h9,19,25-28,38H,10-18,20-21H2,1-8H3,(H,36,39)/t25-,26?,27-,28+,31-,32+,33+,34-,35-/m1/s1. The summed E-state index contributed by atoms with van der Waals surface area (Å²) in [6, 6.07) is 1.90. The fourth-order valence-electron chi connectivity index (χ4n) is 11.4. The van der Waals surface area contributed by atoms with Crippen LogP contribution in [0.15, 0.2) is 22.2 Å². The van der Waals surface area contributed by atoms with Crippen LogP contribution in [0.2, 0.25) is 0 Å². The summed E-state index contributed by atoms with van der Waals surface area (Å²) < 4.78 is 5.36. The third-order valence-corrected chi connectivity index (χ3v) is 14.5. The van der Waals surface area contributed by atoms with E-state index in [0.29, 0.717) is 24.3 Å². The number of carbonyl (C=O) groups excluding carboxylic acids is 1. The Kier molecular flexibility index (Phi) is 6.37. The number of nitrogens with one attached hydrogen (secondary N) is 1. The van der Waals surface area contributed by atoms with Crippen molar-refractivity contribution in [1.82, 2.24) is 10.5 Å². The van der Waals surface area contributed by atoms with Crippen LogP contribution in [-0.2, 0) is 11.3 Å². The van der Waals surface area contributed by atoms with Crippen LogP contribution in [0, 0.1) is 57.2 Å². The Balaban J connectivity index is 1.30. The monoisotopic (exact) mass is 550 g/mol. The number of aryl methyl sites for hydroxylation is 1. The molecule has 5 heteroatoms. The number of aromatic nitrogens is 1. The zero-order valence-corrected chi connectivity index (χ0v) is 26.5. The van der Waals surface area contributed by atoms with Crippen LogP contribution < -0.4 is 5.32 Å². The van der Waals surface area contributed by atoms with Crippen molar-refractivity contribution in [1.29, 1.82) is 0 Å². The van der Waals surface area contributed by atoms with Crippen molar-refractivity contribution in [3.8, 4) is 0 Å². The van der Waals surface area contributed by atoms with Crippen molar-refractivity contribution in [3.63, 3.8) is 0 Å². The Labute approximate surface area is 242 Å². The van der Waals surface area contributed by atoms with Gasteiger partial charge in [-0.1, -0.05) is 65.3 Å². The molecular formula is C35H54N2O3. The number of aliphatic hydroxyl groups excluding tert-OH is 1. The lowest BCUT2D eigenvalue weighted by atomic mass is 9.33. The number of fused-ring (bicyclic) bond motifs is 7. The molecule has 5 aliphatic carbocycles. The average molecular weight is 551 g/mol. The highest BCUT2D eigenvalue weighted by Gasteiger charge is 2.68. The predicted molar refractivity (Wildman–Crippen MR) is 158 cm³/mol. The molecule has 4 saturated carbocycles. The molecular weight excluding hydrogens is 496 g/mol. The SMILES string of the molecule is Cc1cc(CNC(=O)[C@@]2(C)CC[C@]3(C)CC[C@]4(C)C(=CC[C@@H]5[C@@]6(C)CC[C@H](O)C(C)(C)C6CC[C@]54C)[C@H]3C2)on1. The lowest BCUT2D eigenvalue weighted by molar-refractivity contribution is -0.203. The molecule has 5 aliphatic rings. The Morgan fingerprint density at radius 1 is 1.00 bits per heavy atom. The van der Waals surface area contributed by atoms with Gasteiger partial charge in [0.15, 0.2) is 5.76 Å². The number of aliphatic hydroxyl groups is 1.